The SMILES string of the molecule is CC(C)c1ccc(Oc2ccc(Cl)cc2CCN)cc1. The van der Waals surface area contributed by atoms with E-state index in [0.717, 1.165) is 23.5 Å². The lowest BCUT2D eigenvalue weighted by molar-refractivity contribution is 0.476. The van der Waals surface area contributed by atoms with Gasteiger partial charge in [0.15, 0.2) is 0 Å². The summed E-state index contributed by atoms with van der Waals surface area (Å²) >= 11 is 6.01. The van der Waals surface area contributed by atoms with Gasteiger partial charge in [-0.1, -0.05) is 37.6 Å². The summed E-state index contributed by atoms with van der Waals surface area (Å²) in [6, 6.07) is 13.8. The lowest BCUT2D eigenvalue weighted by Crippen LogP contribution is -2.04. The summed E-state index contributed by atoms with van der Waals surface area (Å²) in [7, 11) is 0. The van der Waals surface area contributed by atoms with Crippen LogP contribution in [0.15, 0.2) is 42.5 Å². The number of hydrogen-bond donors (Lipinski definition) is 1. The van der Waals surface area contributed by atoms with Gasteiger partial charge in [-0.3, -0.25) is 0 Å². The first kappa shape index (κ1) is 14.9. The van der Waals surface area contributed by atoms with Gasteiger partial charge in [-0.15, -0.1) is 0 Å². The van der Waals surface area contributed by atoms with Crippen molar-refractivity contribution in [3.63, 3.8) is 0 Å². The Kier molecular flexibility index (Phi) is 5.05. The molecule has 0 atom stereocenters. The molecule has 0 radical (unpaired) electrons. The lowest BCUT2D eigenvalue weighted by atomic mass is 10.0. The smallest absolute Gasteiger partial charge is 0.130 e. The molecule has 0 heterocycles. The number of halogens is 1. The van der Waals surface area contributed by atoms with E-state index >= 15 is 0 Å². The van der Waals surface area contributed by atoms with E-state index in [1.807, 2.05) is 30.3 Å². The van der Waals surface area contributed by atoms with Crippen molar-refractivity contribution < 1.29 is 4.74 Å². The molecule has 0 spiro atoms. The Morgan fingerprint density at radius 2 is 1.80 bits per heavy atom. The molecule has 2 nitrogen and oxygen atoms in total. The Morgan fingerprint density at radius 3 is 2.40 bits per heavy atom. The quantitative estimate of drug-likeness (QED) is 0.861. The second-order valence-electron chi connectivity index (χ2n) is 5.12. The van der Waals surface area contributed by atoms with E-state index in [4.69, 9.17) is 22.1 Å². The zero-order valence-corrected chi connectivity index (χ0v) is 12.7. The molecule has 0 unspecified atom stereocenters. The number of rotatable bonds is 5. The van der Waals surface area contributed by atoms with Gasteiger partial charge in [0.2, 0.25) is 0 Å². The molecule has 20 heavy (non-hydrogen) atoms. The van der Waals surface area contributed by atoms with Gasteiger partial charge in [-0.05, 0) is 60.3 Å². The largest absolute Gasteiger partial charge is 0.457 e. The molecule has 2 aromatic carbocycles. The van der Waals surface area contributed by atoms with Gasteiger partial charge in [-0.2, -0.15) is 0 Å². The monoisotopic (exact) mass is 289 g/mol. The predicted octanol–water partition coefficient (Wildman–Crippen LogP) is 4.76. The highest BCUT2D eigenvalue weighted by Crippen LogP contribution is 2.29. The molecule has 0 amide bonds. The molecule has 3 heteroatoms. The van der Waals surface area contributed by atoms with Crippen LogP contribution in [0.4, 0.5) is 0 Å². The van der Waals surface area contributed by atoms with Gasteiger partial charge >= 0.3 is 0 Å². The molecule has 0 aromatic heterocycles. The fraction of sp³-hybridized carbons (Fsp3) is 0.294. The van der Waals surface area contributed by atoms with Crippen LogP contribution in [0.25, 0.3) is 0 Å². The van der Waals surface area contributed by atoms with E-state index in [9.17, 15) is 0 Å². The van der Waals surface area contributed by atoms with Gasteiger partial charge in [-0.25, -0.2) is 0 Å². The zero-order valence-electron chi connectivity index (χ0n) is 11.9. The second kappa shape index (κ2) is 6.78. The van der Waals surface area contributed by atoms with Crippen LogP contribution < -0.4 is 10.5 Å². The maximum Gasteiger partial charge on any atom is 0.130 e. The summed E-state index contributed by atoms with van der Waals surface area (Å²) in [5.41, 5.74) is 7.96. The Hall–Kier alpha value is -1.51. The highest BCUT2D eigenvalue weighted by atomic mass is 35.5. The number of benzene rings is 2. The molecule has 0 aliphatic heterocycles. The summed E-state index contributed by atoms with van der Waals surface area (Å²) in [4.78, 5) is 0. The molecular formula is C17H20ClNO. The van der Waals surface area contributed by atoms with Crippen LogP contribution >= 0.6 is 11.6 Å². The van der Waals surface area contributed by atoms with Crippen LogP contribution in [0.3, 0.4) is 0 Å². The number of nitrogens with two attached hydrogens (primary N) is 1. The Morgan fingerprint density at radius 1 is 1.10 bits per heavy atom. The van der Waals surface area contributed by atoms with Crippen LogP contribution in [-0.4, -0.2) is 6.54 Å². The third kappa shape index (κ3) is 3.75. The van der Waals surface area contributed by atoms with E-state index in [2.05, 4.69) is 26.0 Å². The molecule has 0 saturated heterocycles. The molecule has 0 aliphatic carbocycles. The standard InChI is InChI=1S/C17H20ClNO/c1-12(2)13-3-6-16(7-4-13)20-17-8-5-15(18)11-14(17)9-10-19/h3-8,11-12H,9-10,19H2,1-2H3. The summed E-state index contributed by atoms with van der Waals surface area (Å²) < 4.78 is 5.94. The average Bonchev–Trinajstić information content (AvgIpc) is 2.43. The van der Waals surface area contributed by atoms with Crippen molar-refractivity contribution in [1.29, 1.82) is 0 Å². The third-order valence-electron chi connectivity index (χ3n) is 3.21. The van der Waals surface area contributed by atoms with Crippen LogP contribution in [0.5, 0.6) is 11.5 Å². The molecule has 0 aliphatic rings. The fourth-order valence-corrected chi connectivity index (χ4v) is 2.24. The van der Waals surface area contributed by atoms with E-state index in [0.29, 0.717) is 17.5 Å². The summed E-state index contributed by atoms with van der Waals surface area (Å²) in [6.45, 7) is 4.92. The first-order valence-electron chi connectivity index (χ1n) is 6.86. The highest BCUT2D eigenvalue weighted by molar-refractivity contribution is 6.30. The summed E-state index contributed by atoms with van der Waals surface area (Å²) in [5.74, 6) is 2.17. The first-order valence-corrected chi connectivity index (χ1v) is 7.24. The molecule has 2 N–H and O–H groups in total. The first-order chi connectivity index (χ1) is 9.60. The van der Waals surface area contributed by atoms with Gasteiger partial charge in [0, 0.05) is 5.02 Å². The Bertz CT molecular complexity index is 564. The van der Waals surface area contributed by atoms with E-state index in [1.54, 1.807) is 0 Å². The molecule has 106 valence electrons. The Balaban J connectivity index is 2.20. The van der Waals surface area contributed by atoms with Crippen molar-refractivity contribution >= 4 is 11.6 Å². The van der Waals surface area contributed by atoms with Crippen molar-refractivity contribution in [1.82, 2.24) is 0 Å². The number of hydrogen-bond acceptors (Lipinski definition) is 2. The molecule has 2 aromatic rings. The van der Waals surface area contributed by atoms with Gasteiger partial charge in [0.1, 0.15) is 11.5 Å². The fourth-order valence-electron chi connectivity index (χ4n) is 2.05. The van der Waals surface area contributed by atoms with Crippen molar-refractivity contribution in [3.05, 3.63) is 58.6 Å². The molecular weight excluding hydrogens is 270 g/mol. The third-order valence-corrected chi connectivity index (χ3v) is 3.45. The maximum absolute atomic E-state index is 6.01. The van der Waals surface area contributed by atoms with Crippen LogP contribution in [0, 0.1) is 0 Å². The predicted molar refractivity (Wildman–Crippen MR) is 84.8 cm³/mol. The molecule has 2 rings (SSSR count). The van der Waals surface area contributed by atoms with Crippen LogP contribution in [0.2, 0.25) is 5.02 Å². The van der Waals surface area contributed by atoms with E-state index < -0.39 is 0 Å². The van der Waals surface area contributed by atoms with Crippen LogP contribution in [0.1, 0.15) is 30.9 Å². The van der Waals surface area contributed by atoms with E-state index in [-0.39, 0.29) is 0 Å². The van der Waals surface area contributed by atoms with Crippen molar-refractivity contribution in [2.75, 3.05) is 6.54 Å². The normalized spacial score (nSPS) is 10.8. The zero-order chi connectivity index (χ0) is 14.5. The minimum absolute atomic E-state index is 0.521. The lowest BCUT2D eigenvalue weighted by Gasteiger charge is -2.12. The van der Waals surface area contributed by atoms with Gasteiger partial charge in [0.05, 0.1) is 0 Å². The molecule has 0 saturated carbocycles. The van der Waals surface area contributed by atoms with Crippen molar-refractivity contribution in [2.45, 2.75) is 26.2 Å². The Labute approximate surface area is 125 Å². The average molecular weight is 290 g/mol. The second-order valence-corrected chi connectivity index (χ2v) is 5.55. The van der Waals surface area contributed by atoms with Gasteiger partial charge < -0.3 is 10.5 Å². The topological polar surface area (TPSA) is 35.2 Å². The highest BCUT2D eigenvalue weighted by Gasteiger charge is 2.06. The number of ether oxygens (including phenoxy) is 1. The van der Waals surface area contributed by atoms with Crippen LogP contribution in [-0.2, 0) is 6.42 Å². The van der Waals surface area contributed by atoms with Crippen molar-refractivity contribution in [2.24, 2.45) is 5.73 Å². The molecule has 0 bridgehead atoms. The van der Waals surface area contributed by atoms with E-state index in [1.165, 1.54) is 5.56 Å². The minimum atomic E-state index is 0.521. The van der Waals surface area contributed by atoms with Gasteiger partial charge in [0.25, 0.3) is 0 Å². The summed E-state index contributed by atoms with van der Waals surface area (Å²) in [6.07, 6.45) is 0.750. The maximum atomic E-state index is 6.01. The summed E-state index contributed by atoms with van der Waals surface area (Å²) in [5, 5.41) is 0.705. The minimum Gasteiger partial charge on any atom is -0.457 e. The van der Waals surface area contributed by atoms with Crippen molar-refractivity contribution in [3.8, 4) is 11.5 Å². The molecule has 0 fully saturated rings.